The maximum absolute atomic E-state index is 13.2. The Labute approximate surface area is 171 Å². The highest BCUT2D eigenvalue weighted by atomic mass is 127. The first-order valence-corrected chi connectivity index (χ1v) is 9.53. The molecule has 6 heteroatoms. The van der Waals surface area contributed by atoms with Crippen molar-refractivity contribution in [1.82, 2.24) is 0 Å². The molecule has 4 nitrogen and oxygen atoms in total. The van der Waals surface area contributed by atoms with E-state index in [0.717, 1.165) is 3.57 Å². The van der Waals surface area contributed by atoms with Crippen molar-refractivity contribution in [3.63, 3.8) is 0 Å². The minimum absolute atomic E-state index is 0.136. The van der Waals surface area contributed by atoms with Crippen LogP contribution in [-0.2, 0) is 14.3 Å². The van der Waals surface area contributed by atoms with E-state index in [2.05, 4.69) is 22.6 Å². The third-order valence-electron chi connectivity index (χ3n) is 3.93. The molecule has 0 heterocycles. The Balaban J connectivity index is 2.57. The number of Topliss-reactive ketones (excluding diaryl/α,β-unsaturated/α-hetero) is 2. The number of ketones is 2. The minimum atomic E-state index is -1.20. The van der Waals surface area contributed by atoms with Crippen LogP contribution in [0.25, 0.3) is 0 Å². The van der Waals surface area contributed by atoms with Gasteiger partial charge in [-0.05, 0) is 78.4 Å². The van der Waals surface area contributed by atoms with Gasteiger partial charge in [-0.3, -0.25) is 14.4 Å². The Hall–Kier alpha value is -1.73. The molecule has 0 aromatic heterocycles. The number of carbonyl (C=O) groups is 3. The number of benzene rings is 2. The average molecular weight is 485 g/mol. The highest BCUT2D eigenvalue weighted by Crippen LogP contribution is 2.32. The second-order valence-electron chi connectivity index (χ2n) is 5.74. The van der Waals surface area contributed by atoms with E-state index in [-0.39, 0.29) is 12.4 Å². The Bertz CT molecular complexity index is 817. The number of ether oxygens (including phenoxy) is 1. The number of hydrogen-bond donors (Lipinski definition) is 0. The summed E-state index contributed by atoms with van der Waals surface area (Å²) in [5.41, 5.74) is 0.985. The summed E-state index contributed by atoms with van der Waals surface area (Å²) >= 11 is 8.02. The summed E-state index contributed by atoms with van der Waals surface area (Å²) in [6.45, 7) is 3.10. The van der Waals surface area contributed by atoms with Crippen LogP contribution < -0.4 is 0 Å². The molecule has 26 heavy (non-hydrogen) atoms. The molecule has 2 unspecified atom stereocenters. The molecule has 136 valence electrons. The second-order valence-corrected chi connectivity index (χ2v) is 7.43. The van der Waals surface area contributed by atoms with Crippen molar-refractivity contribution in [2.75, 3.05) is 6.61 Å². The first kappa shape index (κ1) is 20.6. The summed E-state index contributed by atoms with van der Waals surface area (Å²) in [6.07, 6.45) is 0. The molecule has 0 saturated carbocycles. The van der Waals surface area contributed by atoms with Crippen molar-refractivity contribution in [3.8, 4) is 0 Å². The van der Waals surface area contributed by atoms with Gasteiger partial charge in [0.1, 0.15) is 11.7 Å². The third-order valence-corrected chi connectivity index (χ3v) is 4.85. The van der Waals surface area contributed by atoms with E-state index in [1.165, 1.54) is 6.92 Å². The van der Waals surface area contributed by atoms with Crippen molar-refractivity contribution in [1.29, 1.82) is 0 Å². The third kappa shape index (κ3) is 4.92. The van der Waals surface area contributed by atoms with Crippen LogP contribution in [0.4, 0.5) is 0 Å². The van der Waals surface area contributed by atoms with Crippen molar-refractivity contribution in [2.24, 2.45) is 5.92 Å². The quantitative estimate of drug-likeness (QED) is 0.248. The average Bonchev–Trinajstić information content (AvgIpc) is 2.59. The summed E-state index contributed by atoms with van der Waals surface area (Å²) in [5, 5.41) is 0.501. The zero-order chi connectivity index (χ0) is 19.3. The van der Waals surface area contributed by atoms with Crippen LogP contribution in [0.2, 0.25) is 5.02 Å². The lowest BCUT2D eigenvalue weighted by Crippen LogP contribution is -2.34. The lowest BCUT2D eigenvalue weighted by atomic mass is 9.78. The number of carbonyl (C=O) groups excluding carboxylic acids is 3. The van der Waals surface area contributed by atoms with Crippen LogP contribution in [0.15, 0.2) is 48.5 Å². The van der Waals surface area contributed by atoms with E-state index in [9.17, 15) is 14.4 Å². The van der Waals surface area contributed by atoms with Crippen molar-refractivity contribution in [2.45, 2.75) is 19.8 Å². The molecule has 2 aromatic rings. The maximum Gasteiger partial charge on any atom is 0.317 e. The molecular formula is C20H18ClIO4. The summed E-state index contributed by atoms with van der Waals surface area (Å²) in [5.74, 6) is -3.57. The fraction of sp³-hybridized carbons (Fsp3) is 0.250. The molecule has 2 aromatic carbocycles. The summed E-state index contributed by atoms with van der Waals surface area (Å²) in [7, 11) is 0. The van der Waals surface area contributed by atoms with Gasteiger partial charge in [0, 0.05) is 14.2 Å². The van der Waals surface area contributed by atoms with E-state index in [1.54, 1.807) is 49.4 Å². The summed E-state index contributed by atoms with van der Waals surface area (Å²) in [4.78, 5) is 37.9. The predicted octanol–water partition coefficient (Wildman–Crippen LogP) is 4.68. The molecule has 2 rings (SSSR count). The fourth-order valence-electron chi connectivity index (χ4n) is 2.76. The normalized spacial score (nSPS) is 12.9. The van der Waals surface area contributed by atoms with Gasteiger partial charge in [-0.2, -0.15) is 0 Å². The van der Waals surface area contributed by atoms with Crippen molar-refractivity contribution in [3.05, 3.63) is 68.3 Å². The molecule has 0 aliphatic heterocycles. The second kappa shape index (κ2) is 9.28. The van der Waals surface area contributed by atoms with Crippen LogP contribution in [0.1, 0.15) is 35.7 Å². The van der Waals surface area contributed by atoms with Crippen LogP contribution in [-0.4, -0.2) is 24.1 Å². The van der Waals surface area contributed by atoms with Gasteiger partial charge in [-0.25, -0.2) is 0 Å². The smallest absolute Gasteiger partial charge is 0.317 e. The van der Waals surface area contributed by atoms with E-state index < -0.39 is 23.6 Å². The van der Waals surface area contributed by atoms with Gasteiger partial charge in [0.25, 0.3) is 0 Å². The highest BCUT2D eigenvalue weighted by molar-refractivity contribution is 14.1. The molecule has 0 aliphatic carbocycles. The molecule has 0 aliphatic rings. The molecule has 0 amide bonds. The standard InChI is InChI=1S/C20H18ClIO4/c1-3-26-20(25)17(12(2)23)18(14-5-4-6-16(22)11-14)19(24)13-7-9-15(21)10-8-13/h4-11,17-18H,3H2,1-2H3. The molecule has 0 radical (unpaired) electrons. The zero-order valence-corrected chi connectivity index (χ0v) is 17.3. The van der Waals surface area contributed by atoms with Gasteiger partial charge in [0.05, 0.1) is 12.5 Å². The first-order valence-electron chi connectivity index (χ1n) is 8.07. The van der Waals surface area contributed by atoms with Gasteiger partial charge in [0.2, 0.25) is 0 Å². The van der Waals surface area contributed by atoms with E-state index >= 15 is 0 Å². The lowest BCUT2D eigenvalue weighted by Gasteiger charge is -2.23. The Morgan fingerprint density at radius 2 is 1.77 bits per heavy atom. The highest BCUT2D eigenvalue weighted by Gasteiger charge is 2.39. The number of halogens is 2. The van der Waals surface area contributed by atoms with Gasteiger partial charge < -0.3 is 4.74 Å². The largest absolute Gasteiger partial charge is 0.465 e. The molecule has 0 saturated heterocycles. The van der Waals surface area contributed by atoms with E-state index in [4.69, 9.17) is 16.3 Å². The SMILES string of the molecule is CCOC(=O)C(C(C)=O)C(C(=O)c1ccc(Cl)cc1)c1cccc(I)c1. The Morgan fingerprint density at radius 3 is 2.31 bits per heavy atom. The number of hydrogen-bond acceptors (Lipinski definition) is 4. The Kier molecular flexibility index (Phi) is 7.34. The van der Waals surface area contributed by atoms with Gasteiger partial charge in [0.15, 0.2) is 5.78 Å². The maximum atomic E-state index is 13.2. The number of rotatable bonds is 7. The van der Waals surface area contributed by atoms with Crippen LogP contribution in [0, 0.1) is 9.49 Å². The van der Waals surface area contributed by atoms with Crippen LogP contribution >= 0.6 is 34.2 Å². The topological polar surface area (TPSA) is 60.4 Å². The van der Waals surface area contributed by atoms with Gasteiger partial charge in [-0.15, -0.1) is 0 Å². The fourth-order valence-corrected chi connectivity index (χ4v) is 3.45. The molecule has 0 bridgehead atoms. The van der Waals surface area contributed by atoms with Gasteiger partial charge >= 0.3 is 5.97 Å². The van der Waals surface area contributed by atoms with Crippen LogP contribution in [0.5, 0.6) is 0 Å². The van der Waals surface area contributed by atoms with E-state index in [0.29, 0.717) is 16.1 Å². The lowest BCUT2D eigenvalue weighted by molar-refractivity contribution is -0.151. The molecular weight excluding hydrogens is 467 g/mol. The van der Waals surface area contributed by atoms with Crippen LogP contribution in [0.3, 0.4) is 0 Å². The number of esters is 1. The molecule has 0 fully saturated rings. The molecule has 0 N–H and O–H groups in total. The first-order chi connectivity index (χ1) is 12.3. The monoisotopic (exact) mass is 484 g/mol. The van der Waals surface area contributed by atoms with Crippen molar-refractivity contribution >= 4 is 51.7 Å². The molecule has 0 spiro atoms. The van der Waals surface area contributed by atoms with E-state index in [1.807, 2.05) is 6.07 Å². The molecule has 2 atom stereocenters. The van der Waals surface area contributed by atoms with Crippen molar-refractivity contribution < 1.29 is 19.1 Å². The summed E-state index contributed by atoms with van der Waals surface area (Å²) < 4.78 is 5.97. The zero-order valence-electron chi connectivity index (χ0n) is 14.4. The summed E-state index contributed by atoms with van der Waals surface area (Å²) in [6, 6.07) is 13.6. The Morgan fingerprint density at radius 1 is 1.12 bits per heavy atom. The predicted molar refractivity (Wildman–Crippen MR) is 108 cm³/mol. The van der Waals surface area contributed by atoms with Gasteiger partial charge in [-0.1, -0.05) is 23.7 Å². The minimum Gasteiger partial charge on any atom is -0.465 e.